The molecule has 3 heterocycles. The monoisotopic (exact) mass is 399 g/mol. The van der Waals surface area contributed by atoms with Crippen molar-refractivity contribution in [3.05, 3.63) is 53.1 Å². The Kier molecular flexibility index (Phi) is 4.05. The van der Waals surface area contributed by atoms with Gasteiger partial charge >= 0.3 is 0 Å². The van der Waals surface area contributed by atoms with Crippen LogP contribution < -0.4 is 10.5 Å². The molecule has 2 aromatic rings. The highest BCUT2D eigenvalue weighted by Gasteiger charge is 2.55. The molecule has 0 bridgehead atoms. The van der Waals surface area contributed by atoms with Crippen LogP contribution in [0, 0.1) is 0 Å². The molecule has 2 spiro atoms. The third-order valence-corrected chi connectivity index (χ3v) is 5.87. The van der Waals surface area contributed by atoms with E-state index >= 15 is 0 Å². The molecule has 2 atom stereocenters. The lowest BCUT2D eigenvalue weighted by atomic mass is 9.80. The summed E-state index contributed by atoms with van der Waals surface area (Å²) in [6.45, 7) is 1.28. The molecule has 28 heavy (non-hydrogen) atoms. The zero-order valence-corrected chi connectivity index (χ0v) is 16.4. The average Bonchev–Trinajstić information content (AvgIpc) is 2.96. The minimum atomic E-state index is -0.915. The maximum atomic E-state index is 6.47. The number of nitrogens with two attached hydrogens (primary N) is 1. The largest absolute Gasteiger partial charge is 0.484 e. The van der Waals surface area contributed by atoms with Gasteiger partial charge < -0.3 is 15.2 Å². The average molecular weight is 400 g/mol. The number of hydrogen-bond donors (Lipinski definition) is 1. The number of benzene rings is 2. The number of aliphatic imine (C=N–C) groups is 1. The van der Waals surface area contributed by atoms with Gasteiger partial charge in [-0.1, -0.05) is 29.8 Å². The smallest absolute Gasteiger partial charge is 0.222 e. The van der Waals surface area contributed by atoms with E-state index in [0.29, 0.717) is 24.0 Å². The van der Waals surface area contributed by atoms with Crippen LogP contribution in [0.3, 0.4) is 0 Å². The molecule has 5 rings (SSSR count). The molecule has 1 fully saturated rings. The summed E-state index contributed by atoms with van der Waals surface area (Å²) in [7, 11) is 1.77. The second kappa shape index (κ2) is 6.37. The molecule has 0 saturated carbocycles. The molecular formula is C21H22ClN3O3. The van der Waals surface area contributed by atoms with E-state index in [4.69, 9.17) is 36.6 Å². The summed E-state index contributed by atoms with van der Waals surface area (Å²) < 4.78 is 12.2. The van der Waals surface area contributed by atoms with Gasteiger partial charge in [0.25, 0.3) is 0 Å². The van der Waals surface area contributed by atoms with Crippen molar-refractivity contribution in [1.29, 1.82) is 0 Å². The highest BCUT2D eigenvalue weighted by molar-refractivity contribution is 6.30. The van der Waals surface area contributed by atoms with Crippen molar-refractivity contribution in [3.8, 4) is 16.9 Å². The first-order valence-corrected chi connectivity index (χ1v) is 9.82. The topological polar surface area (TPSA) is 69.3 Å². The Balaban J connectivity index is 1.64. The molecule has 3 aliphatic rings. The van der Waals surface area contributed by atoms with Crippen LogP contribution in [0.1, 0.15) is 24.8 Å². The minimum Gasteiger partial charge on any atom is -0.484 e. The number of fused-ring (bicyclic) bond motifs is 2. The Labute approximate surface area is 168 Å². The number of hydroxylamine groups is 2. The van der Waals surface area contributed by atoms with Gasteiger partial charge in [0.05, 0.1) is 12.2 Å². The zero-order chi connectivity index (χ0) is 19.4. The Morgan fingerprint density at radius 2 is 2.04 bits per heavy atom. The van der Waals surface area contributed by atoms with Gasteiger partial charge in [0.1, 0.15) is 11.4 Å². The number of halogens is 1. The summed E-state index contributed by atoms with van der Waals surface area (Å²) >= 11 is 6.19. The molecular weight excluding hydrogens is 378 g/mol. The van der Waals surface area contributed by atoms with Crippen LogP contribution in [0.15, 0.2) is 47.5 Å². The van der Waals surface area contributed by atoms with Gasteiger partial charge in [-0.15, -0.1) is 0 Å². The van der Waals surface area contributed by atoms with Crippen molar-refractivity contribution in [3.63, 3.8) is 0 Å². The first-order chi connectivity index (χ1) is 13.5. The van der Waals surface area contributed by atoms with Crippen molar-refractivity contribution in [2.75, 3.05) is 20.3 Å². The fourth-order valence-corrected chi connectivity index (χ4v) is 4.54. The molecule has 2 aromatic carbocycles. The van der Waals surface area contributed by atoms with Crippen molar-refractivity contribution >= 4 is 17.6 Å². The van der Waals surface area contributed by atoms with Crippen LogP contribution in [0.25, 0.3) is 11.1 Å². The second-order valence-electron chi connectivity index (χ2n) is 7.68. The lowest BCUT2D eigenvalue weighted by Crippen LogP contribution is -2.53. The predicted molar refractivity (Wildman–Crippen MR) is 107 cm³/mol. The van der Waals surface area contributed by atoms with Crippen LogP contribution in [0.2, 0.25) is 5.02 Å². The summed E-state index contributed by atoms with van der Waals surface area (Å²) in [5.41, 5.74) is 7.63. The van der Waals surface area contributed by atoms with Gasteiger partial charge in [-0.25, -0.2) is 14.9 Å². The standard InChI is InChI=1S/C21H22ClN3O3/c1-25-19(23)24-21(28-25)12-20(8-3-9-26-13-20)27-18-7-6-15(11-17(18)21)14-4-2-5-16(22)10-14/h2,4-7,10-11H,3,8-9,12-13H2,1H3,(H2,23,24). The SMILES string of the molecule is CN1OC2(CC3(CCCOC3)Oc3ccc(-c4cccc(Cl)c4)cc32)N=C1N. The fraction of sp³-hybridized carbons (Fsp3) is 0.381. The van der Waals surface area contributed by atoms with Crippen molar-refractivity contribution in [2.45, 2.75) is 30.6 Å². The molecule has 1 saturated heterocycles. The fourth-order valence-electron chi connectivity index (χ4n) is 4.35. The Bertz CT molecular complexity index is 958. The van der Waals surface area contributed by atoms with Gasteiger partial charge in [0.15, 0.2) is 0 Å². The van der Waals surface area contributed by atoms with Crippen molar-refractivity contribution in [2.24, 2.45) is 10.7 Å². The van der Waals surface area contributed by atoms with E-state index in [-0.39, 0.29) is 0 Å². The van der Waals surface area contributed by atoms with Gasteiger partial charge in [0, 0.05) is 25.1 Å². The van der Waals surface area contributed by atoms with Crippen LogP contribution in [-0.2, 0) is 15.3 Å². The highest BCUT2D eigenvalue weighted by Crippen LogP contribution is 2.51. The van der Waals surface area contributed by atoms with E-state index < -0.39 is 11.3 Å². The first-order valence-electron chi connectivity index (χ1n) is 9.44. The Morgan fingerprint density at radius 1 is 1.18 bits per heavy atom. The molecule has 2 unspecified atom stereocenters. The third-order valence-electron chi connectivity index (χ3n) is 5.64. The van der Waals surface area contributed by atoms with E-state index in [9.17, 15) is 0 Å². The van der Waals surface area contributed by atoms with E-state index in [0.717, 1.165) is 41.9 Å². The third kappa shape index (κ3) is 2.83. The quantitative estimate of drug-likeness (QED) is 0.792. The van der Waals surface area contributed by atoms with E-state index in [1.807, 2.05) is 36.4 Å². The number of nitrogens with zero attached hydrogens (tertiary/aromatic N) is 2. The second-order valence-corrected chi connectivity index (χ2v) is 8.12. The number of ether oxygens (including phenoxy) is 2. The lowest BCUT2D eigenvalue weighted by molar-refractivity contribution is -0.216. The van der Waals surface area contributed by atoms with Gasteiger partial charge in [-0.3, -0.25) is 0 Å². The predicted octanol–water partition coefficient (Wildman–Crippen LogP) is 3.68. The summed E-state index contributed by atoms with van der Waals surface area (Å²) in [6.07, 6.45) is 2.39. The molecule has 0 radical (unpaired) electrons. The zero-order valence-electron chi connectivity index (χ0n) is 15.7. The Morgan fingerprint density at radius 3 is 2.75 bits per heavy atom. The maximum absolute atomic E-state index is 6.47. The summed E-state index contributed by atoms with van der Waals surface area (Å²) in [4.78, 5) is 11.0. The highest BCUT2D eigenvalue weighted by atomic mass is 35.5. The summed E-state index contributed by atoms with van der Waals surface area (Å²) in [5, 5.41) is 2.22. The molecule has 0 amide bonds. The molecule has 6 nitrogen and oxygen atoms in total. The molecule has 0 aliphatic carbocycles. The number of guanidine groups is 1. The molecule has 2 N–H and O–H groups in total. The molecule has 0 aromatic heterocycles. The minimum absolute atomic E-state index is 0.355. The van der Waals surface area contributed by atoms with Crippen LogP contribution in [0.5, 0.6) is 5.75 Å². The van der Waals surface area contributed by atoms with E-state index in [1.165, 1.54) is 5.06 Å². The molecule has 7 heteroatoms. The lowest BCUT2D eigenvalue weighted by Gasteiger charge is -2.46. The van der Waals surface area contributed by atoms with Gasteiger partial charge in [-0.2, -0.15) is 0 Å². The van der Waals surface area contributed by atoms with Crippen LogP contribution in [-0.4, -0.2) is 36.9 Å². The first kappa shape index (κ1) is 17.8. The van der Waals surface area contributed by atoms with Crippen molar-refractivity contribution < 1.29 is 14.3 Å². The van der Waals surface area contributed by atoms with Gasteiger partial charge in [-0.05, 0) is 48.2 Å². The van der Waals surface area contributed by atoms with E-state index in [2.05, 4.69) is 6.07 Å². The number of hydrogen-bond acceptors (Lipinski definition) is 6. The molecule has 3 aliphatic heterocycles. The maximum Gasteiger partial charge on any atom is 0.222 e. The normalized spacial score (nSPS) is 28.9. The van der Waals surface area contributed by atoms with E-state index in [1.54, 1.807) is 7.05 Å². The van der Waals surface area contributed by atoms with Crippen LogP contribution >= 0.6 is 11.6 Å². The number of rotatable bonds is 1. The van der Waals surface area contributed by atoms with Crippen molar-refractivity contribution in [1.82, 2.24) is 5.06 Å². The van der Waals surface area contributed by atoms with Crippen LogP contribution in [0.4, 0.5) is 0 Å². The molecule has 146 valence electrons. The Hall–Kier alpha value is -2.28. The summed E-state index contributed by atoms with van der Waals surface area (Å²) in [6, 6.07) is 13.8. The van der Waals surface area contributed by atoms with Gasteiger partial charge in [0.2, 0.25) is 11.7 Å². The summed E-state index contributed by atoms with van der Waals surface area (Å²) in [5.74, 6) is 1.11.